The number of non-ortho nitro benzene ring substituents is 1. The minimum atomic E-state index is -0.693. The molecule has 0 heterocycles. The van der Waals surface area contributed by atoms with Gasteiger partial charge in [0.05, 0.1) is 22.0 Å². The molecular formula is C18H25N7O4. The number of anilines is 1. The van der Waals surface area contributed by atoms with Crippen molar-refractivity contribution >= 4 is 22.8 Å². The molecule has 1 saturated carbocycles. The summed E-state index contributed by atoms with van der Waals surface area (Å²) in [6.45, 7) is 0. The van der Waals surface area contributed by atoms with E-state index in [-0.39, 0.29) is 11.4 Å². The number of hydrazone groups is 1. The maximum absolute atomic E-state index is 11.3. The molecule has 156 valence electrons. The van der Waals surface area contributed by atoms with E-state index in [0.717, 1.165) is 44.6 Å². The molecule has 0 bridgehead atoms. The fourth-order valence-electron chi connectivity index (χ4n) is 3.37. The van der Waals surface area contributed by atoms with E-state index < -0.39 is 21.6 Å². The van der Waals surface area contributed by atoms with Gasteiger partial charge >= 0.3 is 5.69 Å². The van der Waals surface area contributed by atoms with Crippen LogP contribution in [0, 0.1) is 20.2 Å². The minimum absolute atomic E-state index is 0.0545. The van der Waals surface area contributed by atoms with Crippen LogP contribution >= 0.6 is 0 Å². The maximum atomic E-state index is 11.3. The predicted octanol–water partition coefficient (Wildman–Crippen LogP) is 5.86. The average molecular weight is 403 g/mol. The fraction of sp³-hybridized carbons (Fsp3) is 0.611. The van der Waals surface area contributed by atoms with Crippen LogP contribution in [0.1, 0.15) is 64.2 Å². The number of nitrogens with one attached hydrogen (secondary N) is 1. The molecule has 1 N–H and O–H groups in total. The molecule has 11 nitrogen and oxygen atoms in total. The maximum Gasteiger partial charge on any atom is 0.301 e. The van der Waals surface area contributed by atoms with Gasteiger partial charge in [-0.3, -0.25) is 25.7 Å². The van der Waals surface area contributed by atoms with Crippen LogP contribution in [-0.2, 0) is 0 Å². The summed E-state index contributed by atoms with van der Waals surface area (Å²) >= 11 is 0. The molecule has 11 heteroatoms. The molecule has 2 rings (SSSR count). The third-order valence-corrected chi connectivity index (χ3v) is 4.94. The highest BCUT2D eigenvalue weighted by molar-refractivity contribution is 5.90. The van der Waals surface area contributed by atoms with Gasteiger partial charge in [-0.1, -0.05) is 50.1 Å². The van der Waals surface area contributed by atoms with Gasteiger partial charge in [-0.15, -0.1) is 0 Å². The first-order chi connectivity index (χ1) is 14.0. The highest BCUT2D eigenvalue weighted by atomic mass is 16.6. The van der Waals surface area contributed by atoms with Crippen LogP contribution in [0.15, 0.2) is 28.4 Å². The summed E-state index contributed by atoms with van der Waals surface area (Å²) in [5.74, 6) is 0. The normalized spacial score (nSPS) is 20.0. The number of azide groups is 1. The first-order valence-electron chi connectivity index (χ1n) is 9.82. The van der Waals surface area contributed by atoms with E-state index in [1.165, 1.54) is 25.0 Å². The third-order valence-electron chi connectivity index (χ3n) is 4.94. The molecule has 1 atom stereocenters. The van der Waals surface area contributed by atoms with Crippen molar-refractivity contribution < 1.29 is 9.85 Å². The Labute approximate surface area is 168 Å². The smallest absolute Gasteiger partial charge is 0.272 e. The van der Waals surface area contributed by atoms with Crippen molar-refractivity contribution in [1.29, 1.82) is 0 Å². The van der Waals surface area contributed by atoms with Crippen LogP contribution in [0.3, 0.4) is 0 Å². The number of nitro benzene ring substituents is 2. The van der Waals surface area contributed by atoms with E-state index in [1.807, 2.05) is 0 Å². The molecule has 1 aromatic carbocycles. The molecule has 1 aliphatic rings. The second-order valence-corrected chi connectivity index (χ2v) is 7.02. The molecule has 0 spiro atoms. The average Bonchev–Trinajstić information content (AvgIpc) is 2.69. The SMILES string of the molecule is [N-]=[N+]=NC1CCCCCCCCCC/C1=N\Nc1ccc([N+](=O)[O-])cc1[N+](=O)[O-]. The van der Waals surface area contributed by atoms with Crippen LogP contribution in [0.4, 0.5) is 17.1 Å². The van der Waals surface area contributed by atoms with Gasteiger partial charge in [-0.05, 0) is 30.9 Å². The number of benzene rings is 1. The quantitative estimate of drug-likeness (QED) is 0.214. The highest BCUT2D eigenvalue weighted by Crippen LogP contribution is 2.29. The second kappa shape index (κ2) is 11.6. The van der Waals surface area contributed by atoms with Gasteiger partial charge in [0, 0.05) is 16.7 Å². The van der Waals surface area contributed by atoms with Gasteiger partial charge in [0.25, 0.3) is 5.69 Å². The van der Waals surface area contributed by atoms with E-state index in [0.29, 0.717) is 18.6 Å². The van der Waals surface area contributed by atoms with Crippen molar-refractivity contribution in [3.8, 4) is 0 Å². The Morgan fingerprint density at radius 1 is 1.00 bits per heavy atom. The lowest BCUT2D eigenvalue weighted by molar-refractivity contribution is -0.393. The molecule has 1 fully saturated rings. The van der Waals surface area contributed by atoms with Crippen LogP contribution in [0.5, 0.6) is 0 Å². The van der Waals surface area contributed by atoms with Crippen molar-refractivity contribution in [2.45, 2.75) is 70.3 Å². The molecule has 29 heavy (non-hydrogen) atoms. The summed E-state index contributed by atoms with van der Waals surface area (Å²) in [4.78, 5) is 23.7. The molecule has 1 aromatic rings. The third kappa shape index (κ3) is 7.04. The summed E-state index contributed by atoms with van der Waals surface area (Å²) < 4.78 is 0. The molecule has 0 amide bonds. The molecule has 0 saturated heterocycles. The summed E-state index contributed by atoms with van der Waals surface area (Å²) in [5.41, 5.74) is 11.5. The Kier molecular flexibility index (Phi) is 8.84. The van der Waals surface area contributed by atoms with Crippen LogP contribution in [0.2, 0.25) is 0 Å². The second-order valence-electron chi connectivity index (χ2n) is 7.02. The predicted molar refractivity (Wildman–Crippen MR) is 110 cm³/mol. The monoisotopic (exact) mass is 403 g/mol. The van der Waals surface area contributed by atoms with Gasteiger partial charge < -0.3 is 0 Å². The summed E-state index contributed by atoms with van der Waals surface area (Å²) in [5, 5.41) is 30.4. The molecule has 0 aromatic heterocycles. The van der Waals surface area contributed by atoms with E-state index in [9.17, 15) is 20.2 Å². The van der Waals surface area contributed by atoms with Crippen molar-refractivity contribution in [2.75, 3.05) is 5.43 Å². The first-order valence-corrected chi connectivity index (χ1v) is 9.82. The lowest BCUT2D eigenvalue weighted by Gasteiger charge is -2.16. The van der Waals surface area contributed by atoms with Gasteiger partial charge in [0.2, 0.25) is 0 Å². The number of nitrogens with zero attached hydrogens (tertiary/aromatic N) is 6. The van der Waals surface area contributed by atoms with Crippen molar-refractivity contribution in [1.82, 2.24) is 0 Å². The summed E-state index contributed by atoms with van der Waals surface area (Å²) in [7, 11) is 0. The van der Waals surface area contributed by atoms with Crippen LogP contribution < -0.4 is 5.43 Å². The van der Waals surface area contributed by atoms with Gasteiger partial charge in [-0.2, -0.15) is 5.10 Å². The van der Waals surface area contributed by atoms with E-state index in [4.69, 9.17) is 5.53 Å². The minimum Gasteiger partial charge on any atom is -0.272 e. The number of rotatable bonds is 5. The van der Waals surface area contributed by atoms with Crippen LogP contribution in [-0.4, -0.2) is 21.6 Å². The lowest BCUT2D eigenvalue weighted by atomic mass is 9.97. The molecule has 1 aliphatic carbocycles. The Hall–Kier alpha value is -3.20. The van der Waals surface area contributed by atoms with E-state index in [1.54, 1.807) is 0 Å². The molecule has 0 radical (unpaired) electrons. The zero-order chi connectivity index (χ0) is 21.1. The Balaban J connectivity index is 2.27. The molecule has 1 unspecified atom stereocenters. The Morgan fingerprint density at radius 2 is 1.66 bits per heavy atom. The van der Waals surface area contributed by atoms with E-state index >= 15 is 0 Å². The highest BCUT2D eigenvalue weighted by Gasteiger charge is 2.20. The first kappa shape index (κ1) is 22.1. The van der Waals surface area contributed by atoms with Gasteiger partial charge in [0.1, 0.15) is 5.69 Å². The zero-order valence-corrected chi connectivity index (χ0v) is 16.2. The van der Waals surface area contributed by atoms with Crippen molar-refractivity contribution in [3.63, 3.8) is 0 Å². The summed E-state index contributed by atoms with van der Waals surface area (Å²) in [6, 6.07) is 2.93. The zero-order valence-electron chi connectivity index (χ0n) is 16.2. The number of nitro groups is 2. The Morgan fingerprint density at radius 3 is 2.28 bits per heavy atom. The van der Waals surface area contributed by atoms with E-state index in [2.05, 4.69) is 20.6 Å². The number of hydrogen-bond donors (Lipinski definition) is 1. The molecule has 0 aliphatic heterocycles. The Bertz CT molecular complexity index is 805. The largest absolute Gasteiger partial charge is 0.301 e. The number of hydrogen-bond acceptors (Lipinski definition) is 7. The van der Waals surface area contributed by atoms with Crippen LogP contribution in [0.25, 0.3) is 10.4 Å². The van der Waals surface area contributed by atoms with Crippen molar-refractivity contribution in [3.05, 3.63) is 48.9 Å². The lowest BCUT2D eigenvalue weighted by Crippen LogP contribution is -2.20. The molecular weight excluding hydrogens is 378 g/mol. The topological polar surface area (TPSA) is 159 Å². The standard InChI is InChI=1S/C18H25N7O4/c19-23-22-16-10-8-6-4-2-1-3-5-7-9-15(16)20-21-17-12-11-14(24(26)27)13-18(17)25(28)29/h11-13,16,21H,1-10H2/b20-15+. The van der Waals surface area contributed by atoms with Gasteiger partial charge in [-0.25, -0.2) is 0 Å². The van der Waals surface area contributed by atoms with Crippen molar-refractivity contribution in [2.24, 2.45) is 10.2 Å². The van der Waals surface area contributed by atoms with Gasteiger partial charge in [0.15, 0.2) is 0 Å². The summed E-state index contributed by atoms with van der Waals surface area (Å²) in [6.07, 6.45) is 9.93. The fourth-order valence-corrected chi connectivity index (χ4v) is 3.37.